The third kappa shape index (κ3) is 2.14. The standard InChI is InChI=1S/C12H13N3O/c1-15(7-3-2-6-13)10-4-5-11-12(8-10)16-9-14-11/h4-5,8-9H,2-3,7H2,1H3. The Morgan fingerprint density at radius 1 is 1.50 bits per heavy atom. The molecule has 0 fully saturated rings. The van der Waals surface area contributed by atoms with E-state index in [4.69, 9.17) is 9.68 Å². The first-order valence-electron chi connectivity index (χ1n) is 5.22. The Balaban J connectivity index is 2.10. The molecule has 0 spiro atoms. The Kier molecular flexibility index (Phi) is 3.06. The molecule has 0 N–H and O–H groups in total. The van der Waals surface area contributed by atoms with Gasteiger partial charge in [-0.05, 0) is 18.6 Å². The number of aromatic nitrogens is 1. The molecule has 0 saturated heterocycles. The van der Waals surface area contributed by atoms with E-state index in [1.807, 2.05) is 25.2 Å². The Bertz CT molecular complexity index is 512. The number of nitriles is 1. The second-order valence-electron chi connectivity index (χ2n) is 3.69. The largest absolute Gasteiger partial charge is 0.443 e. The fourth-order valence-electron chi connectivity index (χ4n) is 1.61. The molecule has 1 heterocycles. The van der Waals surface area contributed by atoms with Crippen molar-refractivity contribution in [3.8, 4) is 6.07 Å². The summed E-state index contributed by atoms with van der Waals surface area (Å²) in [6.07, 6.45) is 2.92. The van der Waals surface area contributed by atoms with E-state index in [0.717, 1.165) is 29.8 Å². The number of anilines is 1. The summed E-state index contributed by atoms with van der Waals surface area (Å²) in [6, 6.07) is 8.06. The highest BCUT2D eigenvalue weighted by molar-refractivity contribution is 5.76. The summed E-state index contributed by atoms with van der Waals surface area (Å²) in [5.41, 5.74) is 2.75. The molecule has 0 saturated carbocycles. The molecule has 16 heavy (non-hydrogen) atoms. The van der Waals surface area contributed by atoms with Crippen molar-refractivity contribution in [1.82, 2.24) is 4.98 Å². The molecule has 82 valence electrons. The van der Waals surface area contributed by atoms with Gasteiger partial charge >= 0.3 is 0 Å². The van der Waals surface area contributed by atoms with Gasteiger partial charge in [0.15, 0.2) is 12.0 Å². The lowest BCUT2D eigenvalue weighted by molar-refractivity contribution is 0.602. The highest BCUT2D eigenvalue weighted by Gasteiger charge is 2.04. The molecular formula is C12H13N3O. The number of benzene rings is 1. The van der Waals surface area contributed by atoms with Crippen LogP contribution in [0.5, 0.6) is 0 Å². The summed E-state index contributed by atoms with van der Waals surface area (Å²) in [5.74, 6) is 0. The Hall–Kier alpha value is -2.02. The second-order valence-corrected chi connectivity index (χ2v) is 3.69. The van der Waals surface area contributed by atoms with E-state index in [1.165, 1.54) is 6.39 Å². The zero-order valence-electron chi connectivity index (χ0n) is 9.18. The van der Waals surface area contributed by atoms with Crippen LogP contribution >= 0.6 is 0 Å². The van der Waals surface area contributed by atoms with E-state index in [-0.39, 0.29) is 0 Å². The van der Waals surface area contributed by atoms with Gasteiger partial charge in [0.1, 0.15) is 5.52 Å². The van der Waals surface area contributed by atoms with Crippen LogP contribution in [-0.2, 0) is 0 Å². The quantitative estimate of drug-likeness (QED) is 0.735. The number of oxazole rings is 1. The number of unbranched alkanes of at least 4 members (excludes halogenated alkanes) is 1. The zero-order valence-corrected chi connectivity index (χ0v) is 9.18. The number of nitrogens with zero attached hydrogens (tertiary/aromatic N) is 3. The van der Waals surface area contributed by atoms with E-state index in [2.05, 4.69) is 16.0 Å². The van der Waals surface area contributed by atoms with E-state index < -0.39 is 0 Å². The minimum Gasteiger partial charge on any atom is -0.443 e. The van der Waals surface area contributed by atoms with Gasteiger partial charge in [-0.15, -0.1) is 0 Å². The van der Waals surface area contributed by atoms with Crippen molar-refractivity contribution in [3.05, 3.63) is 24.6 Å². The summed E-state index contributed by atoms with van der Waals surface area (Å²) in [5, 5.41) is 8.47. The van der Waals surface area contributed by atoms with Crippen LogP contribution in [0.1, 0.15) is 12.8 Å². The van der Waals surface area contributed by atoms with Crippen molar-refractivity contribution in [2.24, 2.45) is 0 Å². The van der Waals surface area contributed by atoms with Gasteiger partial charge in [0.2, 0.25) is 0 Å². The summed E-state index contributed by atoms with van der Waals surface area (Å²) >= 11 is 0. The summed E-state index contributed by atoms with van der Waals surface area (Å²) in [6.45, 7) is 0.868. The molecule has 0 unspecified atom stereocenters. The fourth-order valence-corrected chi connectivity index (χ4v) is 1.61. The molecule has 1 aromatic carbocycles. The smallest absolute Gasteiger partial charge is 0.181 e. The molecule has 0 amide bonds. The lowest BCUT2D eigenvalue weighted by atomic mass is 10.2. The van der Waals surface area contributed by atoms with Crippen LogP contribution in [0.2, 0.25) is 0 Å². The minimum atomic E-state index is 0.592. The normalized spacial score (nSPS) is 10.2. The molecule has 0 bridgehead atoms. The van der Waals surface area contributed by atoms with Gasteiger partial charge in [-0.3, -0.25) is 0 Å². The average molecular weight is 215 g/mol. The van der Waals surface area contributed by atoms with Crippen molar-refractivity contribution in [1.29, 1.82) is 5.26 Å². The molecule has 2 rings (SSSR count). The van der Waals surface area contributed by atoms with Crippen LogP contribution in [0.15, 0.2) is 29.0 Å². The van der Waals surface area contributed by atoms with Crippen molar-refractivity contribution < 1.29 is 4.42 Å². The number of hydrogen-bond acceptors (Lipinski definition) is 4. The third-order valence-corrected chi connectivity index (χ3v) is 2.54. The summed E-state index contributed by atoms with van der Waals surface area (Å²) in [7, 11) is 2.01. The summed E-state index contributed by atoms with van der Waals surface area (Å²) in [4.78, 5) is 6.18. The first kappa shape index (κ1) is 10.5. The molecule has 0 aliphatic heterocycles. The topological polar surface area (TPSA) is 53.1 Å². The maximum Gasteiger partial charge on any atom is 0.181 e. The predicted molar refractivity (Wildman–Crippen MR) is 62.1 cm³/mol. The average Bonchev–Trinajstić information content (AvgIpc) is 2.76. The van der Waals surface area contributed by atoms with Crippen LogP contribution in [-0.4, -0.2) is 18.6 Å². The van der Waals surface area contributed by atoms with Gasteiger partial charge in [0, 0.05) is 31.8 Å². The van der Waals surface area contributed by atoms with Gasteiger partial charge < -0.3 is 9.32 Å². The van der Waals surface area contributed by atoms with Crippen LogP contribution in [0.4, 0.5) is 5.69 Å². The maximum atomic E-state index is 8.47. The third-order valence-electron chi connectivity index (χ3n) is 2.54. The van der Waals surface area contributed by atoms with E-state index in [9.17, 15) is 0 Å². The number of fused-ring (bicyclic) bond motifs is 1. The van der Waals surface area contributed by atoms with Crippen molar-refractivity contribution in [2.45, 2.75) is 12.8 Å². The maximum absolute atomic E-state index is 8.47. The SMILES string of the molecule is CN(CCCC#N)c1ccc2ncoc2c1. The molecule has 0 atom stereocenters. The van der Waals surface area contributed by atoms with Gasteiger partial charge in [-0.1, -0.05) is 0 Å². The van der Waals surface area contributed by atoms with E-state index in [1.54, 1.807) is 0 Å². The van der Waals surface area contributed by atoms with Crippen LogP contribution in [0, 0.1) is 11.3 Å². The first-order chi connectivity index (χ1) is 7.81. The van der Waals surface area contributed by atoms with Gasteiger partial charge in [0.05, 0.1) is 6.07 Å². The molecular weight excluding hydrogens is 202 g/mol. The number of hydrogen-bond donors (Lipinski definition) is 0. The molecule has 1 aromatic heterocycles. The number of rotatable bonds is 4. The first-order valence-corrected chi connectivity index (χ1v) is 5.22. The molecule has 4 nitrogen and oxygen atoms in total. The Morgan fingerprint density at radius 3 is 3.19 bits per heavy atom. The molecule has 0 radical (unpaired) electrons. The fraction of sp³-hybridized carbons (Fsp3) is 0.333. The van der Waals surface area contributed by atoms with Crippen LogP contribution in [0.3, 0.4) is 0 Å². The van der Waals surface area contributed by atoms with Gasteiger partial charge in [0.25, 0.3) is 0 Å². The summed E-state index contributed by atoms with van der Waals surface area (Å²) < 4.78 is 5.24. The van der Waals surface area contributed by atoms with E-state index >= 15 is 0 Å². The highest BCUT2D eigenvalue weighted by atomic mass is 16.3. The minimum absolute atomic E-state index is 0.592. The predicted octanol–water partition coefficient (Wildman–Crippen LogP) is 2.57. The van der Waals surface area contributed by atoms with Crippen molar-refractivity contribution in [2.75, 3.05) is 18.5 Å². The molecule has 0 aliphatic carbocycles. The molecule has 2 aromatic rings. The highest BCUT2D eigenvalue weighted by Crippen LogP contribution is 2.20. The van der Waals surface area contributed by atoms with Crippen molar-refractivity contribution in [3.63, 3.8) is 0 Å². The van der Waals surface area contributed by atoms with Crippen LogP contribution in [0.25, 0.3) is 11.1 Å². The Morgan fingerprint density at radius 2 is 2.38 bits per heavy atom. The lowest BCUT2D eigenvalue weighted by Crippen LogP contribution is -2.18. The second kappa shape index (κ2) is 4.67. The van der Waals surface area contributed by atoms with Crippen LogP contribution < -0.4 is 4.90 Å². The zero-order chi connectivity index (χ0) is 11.4. The van der Waals surface area contributed by atoms with Crippen molar-refractivity contribution >= 4 is 16.8 Å². The van der Waals surface area contributed by atoms with E-state index in [0.29, 0.717) is 6.42 Å². The van der Waals surface area contributed by atoms with Gasteiger partial charge in [-0.2, -0.15) is 5.26 Å². The molecule has 4 heteroatoms. The van der Waals surface area contributed by atoms with Gasteiger partial charge in [-0.25, -0.2) is 4.98 Å². The molecule has 0 aliphatic rings. The monoisotopic (exact) mass is 215 g/mol. The lowest BCUT2D eigenvalue weighted by Gasteiger charge is -2.18. The Labute approximate surface area is 94.1 Å².